The first-order valence-corrected chi connectivity index (χ1v) is 6.38. The van der Waals surface area contributed by atoms with Gasteiger partial charge in [0.2, 0.25) is 0 Å². The van der Waals surface area contributed by atoms with E-state index in [1.807, 2.05) is 48.5 Å². The number of hydrogen-bond donors (Lipinski definition) is 0. The Morgan fingerprint density at radius 1 is 0.667 bits per heavy atom. The van der Waals surface area contributed by atoms with Gasteiger partial charge in [-0.2, -0.15) is 5.01 Å². The predicted molar refractivity (Wildman–Crippen MR) is 79.4 cm³/mol. The minimum absolute atomic E-state index is 0.523. The van der Waals surface area contributed by atoms with Gasteiger partial charge in [-0.25, -0.2) is 15.0 Å². The van der Waals surface area contributed by atoms with Crippen molar-refractivity contribution in [1.82, 2.24) is 15.0 Å². The maximum atomic E-state index is 4.28. The van der Waals surface area contributed by atoms with E-state index in [1.165, 1.54) is 0 Å². The van der Waals surface area contributed by atoms with Crippen LogP contribution in [0.4, 0.5) is 17.5 Å². The Bertz CT molecular complexity index is 661. The molecule has 0 saturated carbocycles. The summed E-state index contributed by atoms with van der Waals surface area (Å²) < 4.78 is 0. The van der Waals surface area contributed by atoms with Crippen LogP contribution in [-0.4, -0.2) is 15.0 Å². The molecule has 0 aliphatic rings. The zero-order valence-electron chi connectivity index (χ0n) is 11.1. The fraction of sp³-hybridized carbons (Fsp3) is 0. The standard InChI is InChI=1S/C15H12N6/c1-4-10-16-13(7-1)19-20-21(14-8-2-5-11-17-14)15-9-3-6-12-18-15/h1-12H. The van der Waals surface area contributed by atoms with Gasteiger partial charge in [0.15, 0.2) is 17.5 Å². The van der Waals surface area contributed by atoms with E-state index in [0.29, 0.717) is 17.5 Å². The highest BCUT2D eigenvalue weighted by atomic mass is 15.6. The minimum Gasteiger partial charge on any atom is -0.237 e. The molecule has 0 aliphatic heterocycles. The van der Waals surface area contributed by atoms with Crippen molar-refractivity contribution in [3.8, 4) is 0 Å². The van der Waals surface area contributed by atoms with Crippen LogP contribution in [0.25, 0.3) is 0 Å². The van der Waals surface area contributed by atoms with Crippen molar-refractivity contribution in [3.63, 3.8) is 0 Å². The summed E-state index contributed by atoms with van der Waals surface area (Å²) in [5.74, 6) is 1.79. The molecule has 102 valence electrons. The van der Waals surface area contributed by atoms with E-state index in [1.54, 1.807) is 29.7 Å². The van der Waals surface area contributed by atoms with E-state index in [9.17, 15) is 0 Å². The Hall–Kier alpha value is -3.15. The predicted octanol–water partition coefficient (Wildman–Crippen LogP) is 3.71. The van der Waals surface area contributed by atoms with Crippen molar-refractivity contribution in [2.45, 2.75) is 0 Å². The quantitative estimate of drug-likeness (QED) is 0.538. The van der Waals surface area contributed by atoms with E-state index in [-0.39, 0.29) is 0 Å². The summed E-state index contributed by atoms with van der Waals surface area (Å²) >= 11 is 0. The molecule has 0 saturated heterocycles. The topological polar surface area (TPSA) is 66.6 Å². The van der Waals surface area contributed by atoms with Crippen LogP contribution in [0.5, 0.6) is 0 Å². The smallest absolute Gasteiger partial charge is 0.176 e. The molecule has 21 heavy (non-hydrogen) atoms. The van der Waals surface area contributed by atoms with Gasteiger partial charge >= 0.3 is 0 Å². The van der Waals surface area contributed by atoms with Crippen molar-refractivity contribution in [3.05, 3.63) is 73.2 Å². The van der Waals surface area contributed by atoms with Crippen LogP contribution in [0.15, 0.2) is 83.5 Å². The second-order valence-corrected chi connectivity index (χ2v) is 4.07. The van der Waals surface area contributed by atoms with Gasteiger partial charge < -0.3 is 0 Å². The fourth-order valence-corrected chi connectivity index (χ4v) is 1.67. The average molecular weight is 276 g/mol. The molecule has 0 fully saturated rings. The lowest BCUT2D eigenvalue weighted by atomic mass is 10.4. The van der Waals surface area contributed by atoms with Crippen LogP contribution in [0, 0.1) is 0 Å². The molecule has 0 amide bonds. The monoisotopic (exact) mass is 276 g/mol. The lowest BCUT2D eigenvalue weighted by molar-refractivity contribution is 0.915. The van der Waals surface area contributed by atoms with E-state index in [4.69, 9.17) is 0 Å². The number of aromatic nitrogens is 3. The highest BCUT2D eigenvalue weighted by molar-refractivity contribution is 5.53. The van der Waals surface area contributed by atoms with Gasteiger partial charge in [-0.3, -0.25) is 0 Å². The van der Waals surface area contributed by atoms with Crippen LogP contribution in [0.3, 0.4) is 0 Å². The third kappa shape index (κ3) is 3.24. The van der Waals surface area contributed by atoms with Gasteiger partial charge in [0.1, 0.15) is 0 Å². The zero-order chi connectivity index (χ0) is 14.3. The summed E-state index contributed by atoms with van der Waals surface area (Å²) in [5.41, 5.74) is 0. The summed E-state index contributed by atoms with van der Waals surface area (Å²) in [4.78, 5) is 12.7. The summed E-state index contributed by atoms with van der Waals surface area (Å²) in [6, 6.07) is 16.6. The molecule has 0 bridgehead atoms. The van der Waals surface area contributed by atoms with Crippen molar-refractivity contribution in [2.24, 2.45) is 10.3 Å². The molecule has 3 aromatic rings. The second-order valence-electron chi connectivity index (χ2n) is 4.07. The Labute approximate surface area is 121 Å². The number of nitrogens with zero attached hydrogens (tertiary/aromatic N) is 6. The van der Waals surface area contributed by atoms with Crippen molar-refractivity contribution < 1.29 is 0 Å². The van der Waals surface area contributed by atoms with Crippen molar-refractivity contribution in [1.29, 1.82) is 0 Å². The van der Waals surface area contributed by atoms with Crippen LogP contribution in [-0.2, 0) is 0 Å². The lowest BCUT2D eigenvalue weighted by Gasteiger charge is -2.14. The highest BCUT2D eigenvalue weighted by Gasteiger charge is 2.10. The number of hydrogen-bond acceptors (Lipinski definition) is 5. The molecule has 0 aromatic carbocycles. The van der Waals surface area contributed by atoms with Gasteiger partial charge in [0.25, 0.3) is 0 Å². The first-order valence-electron chi connectivity index (χ1n) is 6.38. The molecule has 0 radical (unpaired) electrons. The SMILES string of the molecule is c1ccc(N=NN(c2ccccn2)c2ccccn2)nc1. The molecule has 0 spiro atoms. The molecule has 3 rings (SSSR count). The molecule has 0 atom stereocenters. The zero-order valence-corrected chi connectivity index (χ0v) is 11.1. The molecule has 3 heterocycles. The Kier molecular flexibility index (Phi) is 3.88. The molecule has 3 aromatic heterocycles. The second kappa shape index (κ2) is 6.33. The third-order valence-corrected chi connectivity index (χ3v) is 2.62. The van der Waals surface area contributed by atoms with Crippen molar-refractivity contribution in [2.75, 3.05) is 5.01 Å². The highest BCUT2D eigenvalue weighted by Crippen LogP contribution is 2.22. The number of rotatable bonds is 4. The minimum atomic E-state index is 0.523. The molecule has 0 aliphatic carbocycles. The van der Waals surface area contributed by atoms with Gasteiger partial charge in [0.05, 0.1) is 0 Å². The summed E-state index contributed by atoms with van der Waals surface area (Å²) in [5, 5.41) is 9.89. The Morgan fingerprint density at radius 2 is 1.24 bits per heavy atom. The Balaban J connectivity index is 1.96. The molecule has 0 N–H and O–H groups in total. The van der Waals surface area contributed by atoms with Crippen LogP contribution < -0.4 is 5.01 Å². The first kappa shape index (κ1) is 12.9. The van der Waals surface area contributed by atoms with Gasteiger partial charge in [-0.05, 0) is 36.4 Å². The van der Waals surface area contributed by atoms with Crippen LogP contribution >= 0.6 is 0 Å². The van der Waals surface area contributed by atoms with E-state index in [0.717, 1.165) is 0 Å². The molecule has 0 unspecified atom stereocenters. The number of anilines is 2. The first-order chi connectivity index (χ1) is 10.4. The Morgan fingerprint density at radius 3 is 1.71 bits per heavy atom. The summed E-state index contributed by atoms with van der Waals surface area (Å²) in [7, 11) is 0. The van der Waals surface area contributed by atoms with Crippen molar-refractivity contribution >= 4 is 17.5 Å². The van der Waals surface area contributed by atoms with Crippen LogP contribution in [0.1, 0.15) is 0 Å². The van der Waals surface area contributed by atoms with Crippen LogP contribution in [0.2, 0.25) is 0 Å². The average Bonchev–Trinajstić information content (AvgIpc) is 2.58. The van der Waals surface area contributed by atoms with E-state index in [2.05, 4.69) is 25.3 Å². The molecular weight excluding hydrogens is 264 g/mol. The summed E-state index contributed by atoms with van der Waals surface area (Å²) in [6.45, 7) is 0. The summed E-state index contributed by atoms with van der Waals surface area (Å²) in [6.07, 6.45) is 5.06. The normalized spacial score (nSPS) is 10.7. The molecule has 6 nitrogen and oxygen atoms in total. The van der Waals surface area contributed by atoms with Gasteiger partial charge in [-0.15, -0.1) is 5.11 Å². The lowest BCUT2D eigenvalue weighted by Crippen LogP contribution is -2.10. The van der Waals surface area contributed by atoms with E-state index >= 15 is 0 Å². The van der Waals surface area contributed by atoms with Gasteiger partial charge in [0, 0.05) is 18.6 Å². The fourth-order valence-electron chi connectivity index (χ4n) is 1.67. The molecular formula is C15H12N6. The van der Waals surface area contributed by atoms with E-state index < -0.39 is 0 Å². The third-order valence-electron chi connectivity index (χ3n) is 2.62. The van der Waals surface area contributed by atoms with Gasteiger partial charge in [-0.1, -0.05) is 23.4 Å². The maximum absolute atomic E-state index is 4.28. The molecule has 6 heteroatoms. The number of pyridine rings is 3. The largest absolute Gasteiger partial charge is 0.237 e. The maximum Gasteiger partial charge on any atom is 0.176 e.